The fourth-order valence-corrected chi connectivity index (χ4v) is 6.14. The van der Waals surface area contributed by atoms with E-state index in [4.69, 9.17) is 9.47 Å². The number of ether oxygens (including phenoxy) is 2. The number of likely N-dealkylation sites (tertiary alicyclic amines) is 1. The van der Waals surface area contributed by atoms with Gasteiger partial charge in [0, 0.05) is 12.2 Å². The van der Waals surface area contributed by atoms with Crippen LogP contribution in [-0.4, -0.2) is 71.3 Å². The monoisotopic (exact) mass is 494 g/mol. The molecule has 192 valence electrons. The number of rotatable bonds is 3. The number of carbonyl (C=O) groups is 3. The predicted octanol–water partition coefficient (Wildman–Crippen LogP) is 2.45. The summed E-state index contributed by atoms with van der Waals surface area (Å²) >= 11 is 0. The summed E-state index contributed by atoms with van der Waals surface area (Å²) in [5.74, 6) is -2.91. The Morgan fingerprint density at radius 1 is 1.14 bits per heavy atom. The lowest BCUT2D eigenvalue weighted by atomic mass is 9.78. The normalized spacial score (nSPS) is 33.9. The number of carbonyl (C=O) groups excluding carboxylic acids is 3. The summed E-state index contributed by atoms with van der Waals surface area (Å²) in [5, 5.41) is 10.0. The number of cyclic esters (lactones) is 1. The average Bonchev–Trinajstić information content (AvgIpc) is 3.25. The van der Waals surface area contributed by atoms with Crippen LogP contribution in [0.1, 0.15) is 37.3 Å². The molecule has 4 heterocycles. The summed E-state index contributed by atoms with van der Waals surface area (Å²) in [6.07, 6.45) is 9.29. The SMILES string of the molecule is Cc1ccc(C)c(N2CC=C[C@]34O[C@@H]5/C=C\CCCCOC(=O)[C@@H]5[C@H]3C(=O)N([C@H](C)CO)C4C2=O)c1. The van der Waals surface area contributed by atoms with Gasteiger partial charge in [0.2, 0.25) is 5.91 Å². The Morgan fingerprint density at radius 3 is 2.72 bits per heavy atom. The lowest BCUT2D eigenvalue weighted by Gasteiger charge is -2.37. The van der Waals surface area contributed by atoms with Gasteiger partial charge in [-0.2, -0.15) is 0 Å². The molecule has 0 saturated carbocycles. The molecular weight excluding hydrogens is 460 g/mol. The van der Waals surface area contributed by atoms with Gasteiger partial charge in [-0.1, -0.05) is 36.4 Å². The van der Waals surface area contributed by atoms with E-state index in [0.717, 1.165) is 36.1 Å². The lowest BCUT2D eigenvalue weighted by molar-refractivity contribution is -0.155. The largest absolute Gasteiger partial charge is 0.465 e. The first kappa shape index (κ1) is 24.7. The standard InChI is InChI=1S/C28H34N2O6/c1-17-10-11-18(2)20(15-17)29-13-8-12-28-23(25(32)30(19(3)16-31)24(28)26(29)33)22-21(36-28)9-6-4-5-7-14-35-27(22)34/h6,8-12,15,19,21-24,31H,4-5,7,13-14,16H2,1-3H3/b9-6-/t19-,21-,22+,23+,24?,28+/m1/s1. The minimum Gasteiger partial charge on any atom is -0.465 e. The van der Waals surface area contributed by atoms with E-state index >= 15 is 0 Å². The number of allylic oxidation sites excluding steroid dienone is 1. The van der Waals surface area contributed by atoms with E-state index in [0.29, 0.717) is 13.2 Å². The summed E-state index contributed by atoms with van der Waals surface area (Å²) in [6.45, 7) is 5.91. The van der Waals surface area contributed by atoms with Crippen LogP contribution in [0, 0.1) is 25.7 Å². The first-order chi connectivity index (χ1) is 17.3. The zero-order valence-electron chi connectivity index (χ0n) is 21.1. The van der Waals surface area contributed by atoms with Crippen molar-refractivity contribution >= 4 is 23.5 Å². The van der Waals surface area contributed by atoms with Gasteiger partial charge in [0.05, 0.1) is 31.3 Å². The highest BCUT2D eigenvalue weighted by Crippen LogP contribution is 2.53. The Kier molecular flexibility index (Phi) is 6.51. The molecule has 1 aromatic rings. The molecule has 4 aliphatic rings. The molecule has 0 aliphatic carbocycles. The topological polar surface area (TPSA) is 96.4 Å². The van der Waals surface area contributed by atoms with Crippen LogP contribution in [0.5, 0.6) is 0 Å². The van der Waals surface area contributed by atoms with Crippen molar-refractivity contribution in [3.05, 3.63) is 53.6 Å². The molecule has 6 atom stereocenters. The van der Waals surface area contributed by atoms with Crippen molar-refractivity contribution < 1.29 is 29.0 Å². The third kappa shape index (κ3) is 3.78. The molecule has 8 heteroatoms. The van der Waals surface area contributed by atoms with Gasteiger partial charge in [0.15, 0.2) is 0 Å². The number of fused-ring (bicyclic) bond motifs is 2. The van der Waals surface area contributed by atoms with Gasteiger partial charge in [-0.15, -0.1) is 0 Å². The summed E-state index contributed by atoms with van der Waals surface area (Å²) in [5.41, 5.74) is 1.39. The second-order valence-corrected chi connectivity index (χ2v) is 10.4. The number of nitrogens with zero attached hydrogens (tertiary/aromatic N) is 2. The molecule has 2 saturated heterocycles. The molecule has 1 aromatic carbocycles. The minimum absolute atomic E-state index is 0.286. The average molecular weight is 495 g/mol. The number of hydrogen-bond donors (Lipinski definition) is 1. The van der Waals surface area contributed by atoms with Crippen LogP contribution in [0.15, 0.2) is 42.5 Å². The molecule has 4 aliphatic heterocycles. The van der Waals surface area contributed by atoms with Gasteiger partial charge in [-0.05, 0) is 57.2 Å². The number of esters is 1. The molecule has 8 nitrogen and oxygen atoms in total. The number of benzene rings is 1. The van der Waals surface area contributed by atoms with Crippen LogP contribution < -0.4 is 4.90 Å². The van der Waals surface area contributed by atoms with Gasteiger partial charge in [-0.25, -0.2) is 0 Å². The molecule has 0 aromatic heterocycles. The Morgan fingerprint density at radius 2 is 1.94 bits per heavy atom. The van der Waals surface area contributed by atoms with Crippen molar-refractivity contribution in [3.63, 3.8) is 0 Å². The highest BCUT2D eigenvalue weighted by Gasteiger charge is 2.72. The molecule has 1 unspecified atom stereocenters. The van der Waals surface area contributed by atoms with Crippen LogP contribution in [0.3, 0.4) is 0 Å². The maximum absolute atomic E-state index is 14.3. The van der Waals surface area contributed by atoms with Crippen molar-refractivity contribution in [2.45, 2.75) is 63.8 Å². The number of hydrogen-bond acceptors (Lipinski definition) is 6. The number of aliphatic hydroxyl groups excluding tert-OH is 1. The molecule has 1 N–H and O–H groups in total. The number of anilines is 1. The Bertz CT molecular complexity index is 1130. The van der Waals surface area contributed by atoms with E-state index < -0.39 is 41.6 Å². The van der Waals surface area contributed by atoms with Gasteiger partial charge < -0.3 is 24.4 Å². The van der Waals surface area contributed by atoms with E-state index in [2.05, 4.69) is 0 Å². The zero-order chi connectivity index (χ0) is 25.6. The van der Waals surface area contributed by atoms with Crippen molar-refractivity contribution in [1.29, 1.82) is 0 Å². The first-order valence-corrected chi connectivity index (χ1v) is 12.8. The zero-order valence-corrected chi connectivity index (χ0v) is 21.1. The molecule has 36 heavy (non-hydrogen) atoms. The number of aryl methyl sites for hydroxylation is 2. The summed E-state index contributed by atoms with van der Waals surface area (Å²) in [6, 6.07) is 4.28. The third-order valence-corrected chi connectivity index (χ3v) is 7.93. The summed E-state index contributed by atoms with van der Waals surface area (Å²) in [4.78, 5) is 44.8. The molecule has 2 amide bonds. The number of amides is 2. The minimum atomic E-state index is -1.34. The van der Waals surface area contributed by atoms with Crippen molar-refractivity contribution in [2.75, 3.05) is 24.7 Å². The first-order valence-electron chi connectivity index (χ1n) is 12.8. The molecule has 2 fully saturated rings. The summed E-state index contributed by atoms with van der Waals surface area (Å²) < 4.78 is 12.2. The van der Waals surface area contributed by atoms with Gasteiger partial charge >= 0.3 is 5.97 Å². The molecule has 0 bridgehead atoms. The smallest absolute Gasteiger partial charge is 0.312 e. The Hall–Kier alpha value is -2.97. The van der Waals surface area contributed by atoms with Crippen LogP contribution in [0.4, 0.5) is 5.69 Å². The van der Waals surface area contributed by atoms with Crippen LogP contribution >= 0.6 is 0 Å². The second kappa shape index (κ2) is 9.48. The Balaban J connectivity index is 1.64. The van der Waals surface area contributed by atoms with E-state index in [9.17, 15) is 19.5 Å². The molecule has 5 rings (SSSR count). The fourth-order valence-electron chi connectivity index (χ4n) is 6.14. The van der Waals surface area contributed by atoms with E-state index in [-0.39, 0.29) is 18.4 Å². The second-order valence-electron chi connectivity index (χ2n) is 10.4. The quantitative estimate of drug-likeness (QED) is 0.512. The maximum Gasteiger partial charge on any atom is 0.312 e. The molecular formula is C28H34N2O6. The number of aliphatic hydroxyl groups is 1. The fraction of sp³-hybridized carbons (Fsp3) is 0.536. The van der Waals surface area contributed by atoms with Gasteiger partial charge in [0.1, 0.15) is 17.6 Å². The third-order valence-electron chi connectivity index (χ3n) is 7.93. The summed E-state index contributed by atoms with van der Waals surface area (Å²) in [7, 11) is 0. The highest BCUT2D eigenvalue weighted by atomic mass is 16.6. The van der Waals surface area contributed by atoms with Crippen molar-refractivity contribution in [3.8, 4) is 0 Å². The van der Waals surface area contributed by atoms with Crippen LogP contribution in [0.25, 0.3) is 0 Å². The molecule has 0 radical (unpaired) electrons. The van der Waals surface area contributed by atoms with E-state index in [1.54, 1.807) is 17.9 Å². The maximum atomic E-state index is 14.3. The van der Waals surface area contributed by atoms with Crippen molar-refractivity contribution in [1.82, 2.24) is 4.90 Å². The van der Waals surface area contributed by atoms with Gasteiger partial charge in [0.25, 0.3) is 5.91 Å². The van der Waals surface area contributed by atoms with E-state index in [1.807, 2.05) is 50.3 Å². The van der Waals surface area contributed by atoms with Crippen LogP contribution in [0.2, 0.25) is 0 Å². The lowest BCUT2D eigenvalue weighted by Crippen LogP contribution is -2.57. The highest BCUT2D eigenvalue weighted by molar-refractivity contribution is 6.06. The Labute approximate surface area is 211 Å². The molecule has 1 spiro atoms. The van der Waals surface area contributed by atoms with E-state index in [1.165, 1.54) is 4.90 Å². The van der Waals surface area contributed by atoms with Crippen LogP contribution in [-0.2, 0) is 23.9 Å². The van der Waals surface area contributed by atoms with Crippen molar-refractivity contribution in [2.24, 2.45) is 11.8 Å². The predicted molar refractivity (Wildman–Crippen MR) is 133 cm³/mol. The van der Waals surface area contributed by atoms with Gasteiger partial charge in [-0.3, -0.25) is 14.4 Å².